The molecule has 0 aromatic carbocycles. The number of thiazole rings is 1. The maximum Gasteiger partial charge on any atom is 0.329 e. The first-order chi connectivity index (χ1) is 9.90. The lowest BCUT2D eigenvalue weighted by molar-refractivity contribution is -0.143. The number of esters is 1. The second-order valence-electron chi connectivity index (χ2n) is 5.55. The van der Waals surface area contributed by atoms with Gasteiger partial charge in [0.1, 0.15) is 6.04 Å². The number of rotatable bonds is 7. The fourth-order valence-electron chi connectivity index (χ4n) is 1.63. The Morgan fingerprint density at radius 2 is 2.33 bits per heavy atom. The summed E-state index contributed by atoms with van der Waals surface area (Å²) < 4.78 is 4.82. The molecule has 1 atom stereocenters. The van der Waals surface area contributed by atoms with Crippen LogP contribution in [0.1, 0.15) is 43.9 Å². The predicted octanol–water partition coefficient (Wildman–Crippen LogP) is 2.94. The van der Waals surface area contributed by atoms with Gasteiger partial charge < -0.3 is 4.74 Å². The Morgan fingerprint density at radius 1 is 1.62 bits per heavy atom. The third-order valence-electron chi connectivity index (χ3n) is 2.74. The van der Waals surface area contributed by atoms with Crippen LogP contribution in [0.15, 0.2) is 10.5 Å². The molecule has 1 rings (SSSR count). The summed E-state index contributed by atoms with van der Waals surface area (Å²) in [6.45, 7) is 7.17. The molecule has 1 N–H and O–H groups in total. The summed E-state index contributed by atoms with van der Waals surface area (Å²) >= 11 is 1.53. The van der Waals surface area contributed by atoms with E-state index < -0.39 is 6.04 Å². The summed E-state index contributed by atoms with van der Waals surface area (Å²) in [5.41, 5.74) is 8.83. The minimum Gasteiger partial charge on any atom is -0.468 e. The molecule has 7 nitrogen and oxygen atoms in total. The van der Waals surface area contributed by atoms with Gasteiger partial charge in [-0.2, -0.15) is 0 Å². The van der Waals surface area contributed by atoms with Crippen LogP contribution in [0.2, 0.25) is 0 Å². The third-order valence-corrected chi connectivity index (χ3v) is 4.03. The van der Waals surface area contributed by atoms with Crippen LogP contribution in [-0.2, 0) is 14.9 Å². The average molecular weight is 311 g/mol. The van der Waals surface area contributed by atoms with E-state index in [1.165, 1.54) is 18.4 Å². The number of carbonyl (C=O) groups excluding carboxylic acids is 1. The molecule has 0 spiro atoms. The predicted molar refractivity (Wildman–Crippen MR) is 82.2 cm³/mol. The largest absolute Gasteiger partial charge is 0.468 e. The number of azide groups is 1. The minimum absolute atomic E-state index is 0.0505. The molecule has 1 aromatic rings. The topological polar surface area (TPSA) is 100.0 Å². The maximum atomic E-state index is 11.9. The van der Waals surface area contributed by atoms with Crippen LogP contribution in [0.4, 0.5) is 0 Å². The Bertz CT molecular complexity index is 517. The zero-order chi connectivity index (χ0) is 15.9. The lowest BCUT2D eigenvalue weighted by Crippen LogP contribution is -2.31. The summed E-state index contributed by atoms with van der Waals surface area (Å²) in [6, 6.07) is -0.589. The lowest BCUT2D eigenvalue weighted by atomic mass is 9.98. The van der Waals surface area contributed by atoms with Crippen molar-refractivity contribution >= 4 is 17.3 Å². The quantitative estimate of drug-likeness (QED) is 0.275. The van der Waals surface area contributed by atoms with Crippen molar-refractivity contribution in [1.29, 1.82) is 0 Å². The van der Waals surface area contributed by atoms with Gasteiger partial charge in [0.2, 0.25) is 0 Å². The van der Waals surface area contributed by atoms with E-state index in [2.05, 4.69) is 41.1 Å². The van der Waals surface area contributed by atoms with E-state index in [0.717, 1.165) is 5.01 Å². The van der Waals surface area contributed by atoms with Gasteiger partial charge in [0.25, 0.3) is 0 Å². The van der Waals surface area contributed by atoms with Crippen molar-refractivity contribution in [3.63, 3.8) is 0 Å². The van der Waals surface area contributed by atoms with Crippen LogP contribution in [0.5, 0.6) is 0 Å². The first kappa shape index (κ1) is 17.4. The first-order valence-electron chi connectivity index (χ1n) is 6.68. The van der Waals surface area contributed by atoms with Gasteiger partial charge in [-0.15, -0.1) is 11.3 Å². The molecular formula is C13H21N5O2S. The van der Waals surface area contributed by atoms with Crippen molar-refractivity contribution in [3.05, 3.63) is 26.5 Å². The number of hydrogen-bond acceptors (Lipinski definition) is 6. The Morgan fingerprint density at radius 3 is 2.86 bits per heavy atom. The van der Waals surface area contributed by atoms with Crippen LogP contribution in [-0.4, -0.2) is 31.2 Å². The highest BCUT2D eigenvalue weighted by Crippen LogP contribution is 2.28. The number of nitrogens with zero attached hydrogens (tertiary/aromatic N) is 4. The number of ether oxygens (including phenoxy) is 1. The maximum absolute atomic E-state index is 11.9. The highest BCUT2D eigenvalue weighted by molar-refractivity contribution is 7.09. The van der Waals surface area contributed by atoms with Crippen molar-refractivity contribution in [3.8, 4) is 0 Å². The van der Waals surface area contributed by atoms with Gasteiger partial charge in [-0.3, -0.25) is 5.32 Å². The molecule has 0 saturated heterocycles. The average Bonchev–Trinajstić information content (AvgIpc) is 2.91. The second kappa shape index (κ2) is 7.97. The monoisotopic (exact) mass is 311 g/mol. The van der Waals surface area contributed by atoms with Crippen LogP contribution in [0.25, 0.3) is 10.4 Å². The summed E-state index contributed by atoms with van der Waals surface area (Å²) in [5.74, 6) is -0.371. The van der Waals surface area contributed by atoms with Gasteiger partial charge in [-0.25, -0.2) is 9.78 Å². The van der Waals surface area contributed by atoms with Gasteiger partial charge in [0.05, 0.1) is 17.8 Å². The van der Waals surface area contributed by atoms with Crippen LogP contribution >= 0.6 is 11.3 Å². The molecule has 21 heavy (non-hydrogen) atoms. The van der Waals surface area contributed by atoms with E-state index in [0.29, 0.717) is 25.2 Å². The normalized spacial score (nSPS) is 12.6. The molecule has 1 heterocycles. The highest BCUT2D eigenvalue weighted by Gasteiger charge is 2.26. The Hall–Kier alpha value is -1.63. The first-order valence-corrected chi connectivity index (χ1v) is 7.56. The third kappa shape index (κ3) is 5.34. The van der Waals surface area contributed by atoms with Crippen molar-refractivity contribution in [2.24, 2.45) is 5.11 Å². The van der Waals surface area contributed by atoms with Crippen molar-refractivity contribution < 1.29 is 9.53 Å². The SMILES string of the molecule is COC(=O)C(NCCCN=[N+]=[N-])c1csc(C(C)(C)C)n1. The van der Waals surface area contributed by atoms with E-state index in [-0.39, 0.29) is 11.4 Å². The molecule has 0 aliphatic carbocycles. The van der Waals surface area contributed by atoms with Gasteiger partial charge in [-0.05, 0) is 18.5 Å². The Labute approximate surface area is 128 Å². The summed E-state index contributed by atoms with van der Waals surface area (Å²) in [6.07, 6.45) is 0.647. The number of carbonyl (C=O) groups is 1. The zero-order valence-electron chi connectivity index (χ0n) is 12.8. The highest BCUT2D eigenvalue weighted by atomic mass is 32.1. The minimum atomic E-state index is -0.589. The van der Waals surface area contributed by atoms with Crippen LogP contribution in [0.3, 0.4) is 0 Å². The van der Waals surface area contributed by atoms with Crippen molar-refractivity contribution in [2.45, 2.75) is 38.6 Å². The van der Waals surface area contributed by atoms with E-state index in [9.17, 15) is 4.79 Å². The molecule has 0 radical (unpaired) electrons. The van der Waals surface area contributed by atoms with E-state index >= 15 is 0 Å². The standard InChI is InChI=1S/C13H21N5O2S/c1-13(2,3)12-17-9(8-21-12)10(11(19)20-4)15-6-5-7-16-18-14/h8,10,15H,5-7H2,1-4H3. The smallest absolute Gasteiger partial charge is 0.329 e. The summed E-state index contributed by atoms with van der Waals surface area (Å²) in [5, 5.41) is 9.40. The van der Waals surface area contributed by atoms with Crippen molar-refractivity contribution in [2.75, 3.05) is 20.2 Å². The molecule has 1 unspecified atom stereocenters. The number of hydrogen-bond donors (Lipinski definition) is 1. The Kier molecular flexibility index (Phi) is 6.61. The van der Waals surface area contributed by atoms with Crippen LogP contribution in [0, 0.1) is 0 Å². The molecule has 8 heteroatoms. The molecule has 0 fully saturated rings. The molecular weight excluding hydrogens is 290 g/mol. The number of aromatic nitrogens is 1. The van der Waals surface area contributed by atoms with Gasteiger partial charge in [0.15, 0.2) is 0 Å². The lowest BCUT2D eigenvalue weighted by Gasteiger charge is -2.16. The summed E-state index contributed by atoms with van der Waals surface area (Å²) in [7, 11) is 1.36. The van der Waals surface area contributed by atoms with Gasteiger partial charge in [0, 0.05) is 22.3 Å². The molecule has 0 aliphatic heterocycles. The van der Waals surface area contributed by atoms with Gasteiger partial charge in [-0.1, -0.05) is 25.9 Å². The second-order valence-corrected chi connectivity index (χ2v) is 6.40. The summed E-state index contributed by atoms with van der Waals surface area (Å²) in [4.78, 5) is 19.1. The molecule has 0 bridgehead atoms. The zero-order valence-corrected chi connectivity index (χ0v) is 13.6. The molecule has 116 valence electrons. The molecule has 0 saturated carbocycles. The fraction of sp³-hybridized carbons (Fsp3) is 0.692. The number of nitrogens with one attached hydrogen (secondary N) is 1. The van der Waals surface area contributed by atoms with E-state index in [1.54, 1.807) is 0 Å². The fourth-order valence-corrected chi connectivity index (χ4v) is 2.56. The molecule has 1 aromatic heterocycles. The van der Waals surface area contributed by atoms with Gasteiger partial charge >= 0.3 is 5.97 Å². The molecule has 0 amide bonds. The van der Waals surface area contributed by atoms with Crippen molar-refractivity contribution in [1.82, 2.24) is 10.3 Å². The number of methoxy groups -OCH3 is 1. The van der Waals surface area contributed by atoms with Crippen LogP contribution < -0.4 is 5.32 Å². The molecule has 0 aliphatic rings. The van der Waals surface area contributed by atoms with E-state index in [1.807, 2.05) is 5.38 Å². The van der Waals surface area contributed by atoms with E-state index in [4.69, 9.17) is 10.3 Å². The Balaban J connectivity index is 2.75.